The van der Waals surface area contributed by atoms with E-state index in [1.165, 1.54) is 5.56 Å². The Hall–Kier alpha value is -0.380. The van der Waals surface area contributed by atoms with Gasteiger partial charge >= 0.3 is 0 Å². The molecule has 86 valence electrons. The van der Waals surface area contributed by atoms with Crippen molar-refractivity contribution in [1.29, 1.82) is 0 Å². The zero-order valence-electron chi connectivity index (χ0n) is 10.0. The normalized spacial score (nSPS) is 14.1. The highest BCUT2D eigenvalue weighted by Gasteiger charge is 2.10. The molecule has 0 saturated heterocycles. The first-order valence-electron chi connectivity index (χ1n) is 5.38. The van der Waals surface area contributed by atoms with Crippen LogP contribution in [0.5, 0.6) is 0 Å². The van der Waals surface area contributed by atoms with E-state index in [4.69, 9.17) is 4.74 Å². The van der Waals surface area contributed by atoms with Crippen LogP contribution in [0, 0.1) is 0 Å². The van der Waals surface area contributed by atoms with Gasteiger partial charge < -0.3 is 10.1 Å². The molecule has 1 aromatic heterocycles. The molecule has 2 nitrogen and oxygen atoms in total. The third kappa shape index (κ3) is 5.30. The van der Waals surface area contributed by atoms with Crippen LogP contribution in [0.25, 0.3) is 0 Å². The van der Waals surface area contributed by atoms with E-state index < -0.39 is 0 Å². The Balaban J connectivity index is 2.16. The predicted octanol–water partition coefficient (Wildman–Crippen LogP) is 3.21. The summed E-state index contributed by atoms with van der Waals surface area (Å²) >= 11 is 1.74. The van der Waals surface area contributed by atoms with Gasteiger partial charge in [0.25, 0.3) is 0 Å². The van der Waals surface area contributed by atoms with Crippen molar-refractivity contribution in [3.8, 4) is 0 Å². The van der Waals surface area contributed by atoms with Crippen LogP contribution in [0.4, 0.5) is 0 Å². The Labute approximate surface area is 96.7 Å². The molecule has 0 spiro atoms. The number of hydrogen-bond donors (Lipinski definition) is 1. The molecule has 0 aliphatic rings. The molecule has 0 aromatic carbocycles. The lowest BCUT2D eigenvalue weighted by Gasteiger charge is -2.20. The van der Waals surface area contributed by atoms with Crippen molar-refractivity contribution < 1.29 is 4.74 Å². The Morgan fingerprint density at radius 1 is 1.47 bits per heavy atom. The molecule has 1 aromatic rings. The highest BCUT2D eigenvalue weighted by atomic mass is 32.1. The summed E-state index contributed by atoms with van der Waals surface area (Å²) < 4.78 is 5.64. The van der Waals surface area contributed by atoms with Crippen LogP contribution in [-0.2, 0) is 4.74 Å². The maximum Gasteiger partial charge on any atom is 0.0599 e. The van der Waals surface area contributed by atoms with E-state index in [1.807, 2.05) is 0 Å². The topological polar surface area (TPSA) is 21.3 Å². The van der Waals surface area contributed by atoms with Gasteiger partial charge in [0, 0.05) is 12.6 Å². The monoisotopic (exact) mass is 227 g/mol. The Morgan fingerprint density at radius 2 is 2.20 bits per heavy atom. The van der Waals surface area contributed by atoms with Crippen LogP contribution in [-0.4, -0.2) is 18.8 Å². The molecule has 0 aliphatic heterocycles. The van der Waals surface area contributed by atoms with Gasteiger partial charge in [-0.25, -0.2) is 0 Å². The van der Waals surface area contributed by atoms with Crippen molar-refractivity contribution in [2.75, 3.05) is 13.2 Å². The number of thiophene rings is 1. The van der Waals surface area contributed by atoms with Gasteiger partial charge in [0.1, 0.15) is 0 Å². The largest absolute Gasteiger partial charge is 0.375 e. The number of ether oxygens (including phenoxy) is 1. The second-order valence-corrected chi connectivity index (χ2v) is 5.47. The van der Waals surface area contributed by atoms with Gasteiger partial charge in [0.05, 0.1) is 12.2 Å². The molecule has 1 N–H and O–H groups in total. The summed E-state index contributed by atoms with van der Waals surface area (Å²) in [5, 5.41) is 7.73. The van der Waals surface area contributed by atoms with Crippen LogP contribution in [0.2, 0.25) is 0 Å². The quantitative estimate of drug-likeness (QED) is 0.780. The second kappa shape index (κ2) is 5.64. The summed E-state index contributed by atoms with van der Waals surface area (Å²) in [6, 6.07) is 2.58. The Bertz CT molecular complexity index is 264. The summed E-state index contributed by atoms with van der Waals surface area (Å²) in [5.41, 5.74) is 1.32. The van der Waals surface area contributed by atoms with Crippen molar-refractivity contribution in [1.82, 2.24) is 5.32 Å². The fraction of sp³-hybridized carbons (Fsp3) is 0.667. The van der Waals surface area contributed by atoms with Gasteiger partial charge in [-0.05, 0) is 50.1 Å². The summed E-state index contributed by atoms with van der Waals surface area (Å²) in [4.78, 5) is 0. The summed E-state index contributed by atoms with van der Waals surface area (Å²) in [6.45, 7) is 10.1. The molecule has 15 heavy (non-hydrogen) atoms. The van der Waals surface area contributed by atoms with E-state index in [9.17, 15) is 0 Å². The predicted molar refractivity (Wildman–Crippen MR) is 66.4 cm³/mol. The van der Waals surface area contributed by atoms with E-state index >= 15 is 0 Å². The van der Waals surface area contributed by atoms with E-state index in [2.05, 4.69) is 49.8 Å². The molecule has 0 saturated carbocycles. The molecule has 3 heteroatoms. The minimum Gasteiger partial charge on any atom is -0.375 e. The van der Waals surface area contributed by atoms with Crippen molar-refractivity contribution in [3.63, 3.8) is 0 Å². The smallest absolute Gasteiger partial charge is 0.0599 e. The minimum atomic E-state index is -0.0344. The summed E-state index contributed by atoms with van der Waals surface area (Å²) in [5.74, 6) is 0. The molecule has 1 atom stereocenters. The maximum absolute atomic E-state index is 5.64. The lowest BCUT2D eigenvalue weighted by atomic mass is 10.2. The fourth-order valence-electron chi connectivity index (χ4n) is 1.27. The zero-order valence-corrected chi connectivity index (χ0v) is 10.9. The van der Waals surface area contributed by atoms with Crippen molar-refractivity contribution >= 4 is 11.3 Å². The fourth-order valence-corrected chi connectivity index (χ4v) is 2.03. The van der Waals surface area contributed by atoms with Crippen LogP contribution in [0.3, 0.4) is 0 Å². The molecule has 0 fully saturated rings. The van der Waals surface area contributed by atoms with Gasteiger partial charge in [-0.3, -0.25) is 0 Å². The molecule has 0 radical (unpaired) electrons. The van der Waals surface area contributed by atoms with Crippen LogP contribution in [0.15, 0.2) is 16.8 Å². The standard InChI is InChI=1S/C12H21NOS/c1-10(11-5-8-15-9-11)13-6-7-14-12(2,3)4/h5,8-10,13H,6-7H2,1-4H3. The van der Waals surface area contributed by atoms with Gasteiger partial charge in [-0.1, -0.05) is 0 Å². The number of rotatable bonds is 5. The number of hydrogen-bond acceptors (Lipinski definition) is 3. The minimum absolute atomic E-state index is 0.0344. The third-order valence-corrected chi connectivity index (χ3v) is 2.83. The molecule has 1 rings (SSSR count). The van der Waals surface area contributed by atoms with Crippen molar-refractivity contribution in [3.05, 3.63) is 22.4 Å². The third-order valence-electron chi connectivity index (χ3n) is 2.13. The van der Waals surface area contributed by atoms with E-state index in [1.54, 1.807) is 11.3 Å². The van der Waals surface area contributed by atoms with Gasteiger partial charge in [-0.2, -0.15) is 11.3 Å². The maximum atomic E-state index is 5.64. The van der Waals surface area contributed by atoms with E-state index in [0.717, 1.165) is 13.2 Å². The van der Waals surface area contributed by atoms with E-state index in [0.29, 0.717) is 6.04 Å². The molecular formula is C12H21NOS. The summed E-state index contributed by atoms with van der Waals surface area (Å²) in [6.07, 6.45) is 0. The SMILES string of the molecule is CC(NCCOC(C)(C)C)c1ccsc1. The second-order valence-electron chi connectivity index (χ2n) is 4.69. The van der Waals surface area contributed by atoms with Gasteiger partial charge in [0.2, 0.25) is 0 Å². The van der Waals surface area contributed by atoms with Crippen molar-refractivity contribution in [2.45, 2.75) is 39.3 Å². The molecule has 1 unspecified atom stereocenters. The molecule has 0 bridgehead atoms. The molecule has 0 amide bonds. The highest BCUT2D eigenvalue weighted by molar-refractivity contribution is 7.07. The van der Waals surface area contributed by atoms with Crippen LogP contribution < -0.4 is 5.32 Å². The van der Waals surface area contributed by atoms with Crippen LogP contribution >= 0.6 is 11.3 Å². The molecule has 1 heterocycles. The molecular weight excluding hydrogens is 206 g/mol. The van der Waals surface area contributed by atoms with Gasteiger partial charge in [-0.15, -0.1) is 0 Å². The first-order valence-corrected chi connectivity index (χ1v) is 6.33. The lowest BCUT2D eigenvalue weighted by molar-refractivity contribution is -0.00149. The van der Waals surface area contributed by atoms with Crippen molar-refractivity contribution in [2.24, 2.45) is 0 Å². The summed E-state index contributed by atoms with van der Waals surface area (Å²) in [7, 11) is 0. The first kappa shape index (κ1) is 12.7. The average Bonchev–Trinajstić information content (AvgIpc) is 2.63. The average molecular weight is 227 g/mol. The van der Waals surface area contributed by atoms with Gasteiger partial charge in [0.15, 0.2) is 0 Å². The Kier molecular flexibility index (Phi) is 4.77. The zero-order chi connectivity index (χ0) is 11.3. The highest BCUT2D eigenvalue weighted by Crippen LogP contribution is 2.15. The van der Waals surface area contributed by atoms with Crippen LogP contribution in [0.1, 0.15) is 39.3 Å². The lowest BCUT2D eigenvalue weighted by Crippen LogP contribution is -2.28. The first-order chi connectivity index (χ1) is 6.99. The van der Waals surface area contributed by atoms with E-state index in [-0.39, 0.29) is 5.60 Å². The Morgan fingerprint density at radius 3 is 2.73 bits per heavy atom. The molecule has 0 aliphatic carbocycles. The number of nitrogens with one attached hydrogen (secondary N) is 1.